The number of piperidine rings is 1. The fourth-order valence-corrected chi connectivity index (χ4v) is 4.00. The Balaban J connectivity index is 1.51. The Hall–Kier alpha value is -3.52. The predicted octanol–water partition coefficient (Wildman–Crippen LogP) is 2.74. The molecule has 0 spiro atoms. The van der Waals surface area contributed by atoms with Crippen LogP contribution >= 0.6 is 0 Å². The summed E-state index contributed by atoms with van der Waals surface area (Å²) in [6.45, 7) is 1.87. The summed E-state index contributed by atoms with van der Waals surface area (Å²) in [6.07, 6.45) is 8.55. The van der Waals surface area contributed by atoms with Crippen LogP contribution < -0.4 is 10.2 Å². The molecule has 0 radical (unpaired) electrons. The molecular formula is C22H22N6O2. The molecule has 30 heavy (non-hydrogen) atoms. The average molecular weight is 402 g/mol. The Morgan fingerprint density at radius 1 is 1.17 bits per heavy atom. The van der Waals surface area contributed by atoms with Gasteiger partial charge in [0.1, 0.15) is 5.56 Å². The first-order chi connectivity index (χ1) is 14.7. The van der Waals surface area contributed by atoms with E-state index in [9.17, 15) is 9.90 Å². The number of anilines is 2. The summed E-state index contributed by atoms with van der Waals surface area (Å²) in [5.74, 6) is 0.0844. The number of hydrogen-bond acceptors (Lipinski definition) is 6. The molecule has 4 heterocycles. The van der Waals surface area contributed by atoms with Crippen LogP contribution in [0.2, 0.25) is 0 Å². The Morgan fingerprint density at radius 2 is 2.00 bits per heavy atom. The monoisotopic (exact) mass is 402 g/mol. The van der Waals surface area contributed by atoms with Crippen molar-refractivity contribution in [3.63, 3.8) is 0 Å². The van der Waals surface area contributed by atoms with Gasteiger partial charge in [-0.1, -0.05) is 6.07 Å². The summed E-state index contributed by atoms with van der Waals surface area (Å²) in [5.41, 5.74) is 3.50. The molecule has 8 heteroatoms. The van der Waals surface area contributed by atoms with E-state index in [2.05, 4.69) is 25.3 Å². The first-order valence-electron chi connectivity index (χ1n) is 10.1. The predicted molar refractivity (Wildman–Crippen MR) is 115 cm³/mol. The molecule has 1 aliphatic rings. The van der Waals surface area contributed by atoms with E-state index in [1.54, 1.807) is 29.2 Å². The number of aliphatic hydroxyl groups excluding tert-OH is 1. The summed E-state index contributed by atoms with van der Waals surface area (Å²) < 4.78 is 1.58. The SMILES string of the molecule is O=C(Nc1cc2cccnc2cc1N1CCC(CO)CC1)c1cnn2cccnc12. The number of rotatable bonds is 4. The molecule has 1 amide bonds. The lowest BCUT2D eigenvalue weighted by Crippen LogP contribution is -2.35. The molecule has 2 N–H and O–H groups in total. The van der Waals surface area contributed by atoms with E-state index in [0.717, 1.165) is 48.2 Å². The molecule has 0 aliphatic carbocycles. The largest absolute Gasteiger partial charge is 0.396 e. The number of nitrogens with zero attached hydrogens (tertiary/aromatic N) is 5. The van der Waals surface area contributed by atoms with Gasteiger partial charge in [0.2, 0.25) is 0 Å². The van der Waals surface area contributed by atoms with Gasteiger partial charge in [-0.3, -0.25) is 9.78 Å². The summed E-state index contributed by atoms with van der Waals surface area (Å²) in [6, 6.07) is 9.63. The van der Waals surface area contributed by atoms with Crippen LogP contribution in [0.4, 0.5) is 11.4 Å². The molecular weight excluding hydrogens is 380 g/mol. The van der Waals surface area contributed by atoms with Crippen molar-refractivity contribution in [2.75, 3.05) is 29.9 Å². The van der Waals surface area contributed by atoms with Crippen LogP contribution in [-0.2, 0) is 0 Å². The standard InChI is InChI=1S/C22H22N6O2/c29-14-15-4-9-27(10-5-15)20-12-18-16(3-1-6-23-18)11-19(20)26-22(30)17-13-25-28-8-2-7-24-21(17)28/h1-3,6-8,11-13,15,29H,4-5,9-10,14H2,(H,26,30). The van der Waals surface area contributed by atoms with Crippen LogP contribution in [0.15, 0.2) is 55.1 Å². The first-order valence-corrected chi connectivity index (χ1v) is 10.1. The van der Waals surface area contributed by atoms with E-state index >= 15 is 0 Å². The van der Waals surface area contributed by atoms with Crippen molar-refractivity contribution in [3.05, 3.63) is 60.7 Å². The smallest absolute Gasteiger partial charge is 0.261 e. The van der Waals surface area contributed by atoms with Gasteiger partial charge < -0.3 is 15.3 Å². The van der Waals surface area contributed by atoms with Gasteiger partial charge in [0, 0.05) is 43.7 Å². The lowest BCUT2D eigenvalue weighted by atomic mass is 9.97. The Labute approximate surface area is 173 Å². The molecule has 0 bridgehead atoms. The first kappa shape index (κ1) is 18.5. The van der Waals surface area contributed by atoms with E-state index in [0.29, 0.717) is 17.1 Å². The van der Waals surface area contributed by atoms with Crippen molar-refractivity contribution < 1.29 is 9.90 Å². The lowest BCUT2D eigenvalue weighted by Gasteiger charge is -2.34. The number of carbonyl (C=O) groups excluding carboxylic acids is 1. The Bertz CT molecular complexity index is 1210. The summed E-state index contributed by atoms with van der Waals surface area (Å²) in [7, 11) is 0. The van der Waals surface area contributed by atoms with E-state index in [-0.39, 0.29) is 12.5 Å². The molecule has 1 saturated heterocycles. The van der Waals surface area contributed by atoms with E-state index in [1.165, 1.54) is 6.20 Å². The highest BCUT2D eigenvalue weighted by molar-refractivity contribution is 6.10. The van der Waals surface area contributed by atoms with Crippen LogP contribution in [0.1, 0.15) is 23.2 Å². The van der Waals surface area contributed by atoms with Crippen molar-refractivity contribution in [1.29, 1.82) is 0 Å². The molecule has 3 aromatic heterocycles. The van der Waals surface area contributed by atoms with Crippen LogP contribution in [0.3, 0.4) is 0 Å². The summed E-state index contributed by atoms with van der Waals surface area (Å²) in [5, 5.41) is 17.7. The number of benzene rings is 1. The van der Waals surface area contributed by atoms with Crippen molar-refractivity contribution in [1.82, 2.24) is 19.6 Å². The zero-order valence-corrected chi connectivity index (χ0v) is 16.4. The van der Waals surface area contributed by atoms with Crippen molar-refractivity contribution in [2.24, 2.45) is 5.92 Å². The maximum Gasteiger partial charge on any atom is 0.261 e. The van der Waals surface area contributed by atoms with Crippen LogP contribution in [-0.4, -0.2) is 50.3 Å². The number of aromatic nitrogens is 4. The minimum Gasteiger partial charge on any atom is -0.396 e. The fourth-order valence-electron chi connectivity index (χ4n) is 4.00. The third-order valence-electron chi connectivity index (χ3n) is 5.71. The fraction of sp³-hybridized carbons (Fsp3) is 0.273. The maximum absolute atomic E-state index is 13.1. The second kappa shape index (κ2) is 7.72. The van der Waals surface area contributed by atoms with Gasteiger partial charge in [-0.15, -0.1) is 0 Å². The number of hydrogen-bond donors (Lipinski definition) is 2. The average Bonchev–Trinajstić information content (AvgIpc) is 3.23. The van der Waals surface area contributed by atoms with Gasteiger partial charge in [-0.25, -0.2) is 9.50 Å². The number of aliphatic hydroxyl groups is 1. The zero-order chi connectivity index (χ0) is 20.5. The van der Waals surface area contributed by atoms with Gasteiger partial charge in [-0.2, -0.15) is 5.10 Å². The highest BCUT2D eigenvalue weighted by Gasteiger charge is 2.23. The van der Waals surface area contributed by atoms with Crippen LogP contribution in [0, 0.1) is 5.92 Å². The van der Waals surface area contributed by atoms with Gasteiger partial charge in [0.15, 0.2) is 5.65 Å². The molecule has 4 aromatic rings. The molecule has 8 nitrogen and oxygen atoms in total. The zero-order valence-electron chi connectivity index (χ0n) is 16.4. The minimum atomic E-state index is -0.251. The molecule has 152 valence electrons. The van der Waals surface area contributed by atoms with Crippen LogP contribution in [0.25, 0.3) is 16.6 Å². The molecule has 5 rings (SSSR count). The van der Waals surface area contributed by atoms with Gasteiger partial charge in [-0.05, 0) is 43.0 Å². The van der Waals surface area contributed by atoms with Gasteiger partial charge >= 0.3 is 0 Å². The van der Waals surface area contributed by atoms with Gasteiger partial charge in [0.25, 0.3) is 5.91 Å². The third-order valence-corrected chi connectivity index (χ3v) is 5.71. The molecule has 0 unspecified atom stereocenters. The highest BCUT2D eigenvalue weighted by Crippen LogP contribution is 2.33. The Kier molecular flexibility index (Phi) is 4.76. The van der Waals surface area contributed by atoms with Crippen molar-refractivity contribution >= 4 is 33.8 Å². The van der Waals surface area contributed by atoms with Gasteiger partial charge in [0.05, 0.1) is 23.1 Å². The topological polar surface area (TPSA) is 95.7 Å². The Morgan fingerprint density at radius 3 is 2.83 bits per heavy atom. The van der Waals surface area contributed by atoms with E-state index < -0.39 is 0 Å². The maximum atomic E-state index is 13.1. The normalized spacial score (nSPS) is 15.0. The molecule has 0 saturated carbocycles. The quantitative estimate of drug-likeness (QED) is 0.545. The molecule has 1 fully saturated rings. The summed E-state index contributed by atoms with van der Waals surface area (Å²) in [4.78, 5) is 24.1. The molecule has 1 aliphatic heterocycles. The van der Waals surface area contributed by atoms with Crippen LogP contribution in [0.5, 0.6) is 0 Å². The lowest BCUT2D eigenvalue weighted by molar-refractivity contribution is 0.102. The number of amides is 1. The number of carbonyl (C=O) groups is 1. The molecule has 0 atom stereocenters. The molecule has 1 aromatic carbocycles. The summed E-state index contributed by atoms with van der Waals surface area (Å²) >= 11 is 0. The van der Waals surface area contributed by atoms with E-state index in [4.69, 9.17) is 0 Å². The van der Waals surface area contributed by atoms with Crippen molar-refractivity contribution in [2.45, 2.75) is 12.8 Å². The van der Waals surface area contributed by atoms with E-state index in [1.807, 2.05) is 24.3 Å². The number of fused-ring (bicyclic) bond motifs is 2. The second-order valence-electron chi connectivity index (χ2n) is 7.58. The minimum absolute atomic E-state index is 0.221. The van der Waals surface area contributed by atoms with Crippen molar-refractivity contribution in [3.8, 4) is 0 Å². The highest BCUT2D eigenvalue weighted by atomic mass is 16.3. The second-order valence-corrected chi connectivity index (χ2v) is 7.58. The number of nitrogens with one attached hydrogen (secondary N) is 1. The number of pyridine rings is 1. The third kappa shape index (κ3) is 3.35.